The number of hydrogen-bond acceptors (Lipinski definition) is 3. The summed E-state index contributed by atoms with van der Waals surface area (Å²) in [7, 11) is 0. The predicted octanol–water partition coefficient (Wildman–Crippen LogP) is 1.36. The first-order valence-corrected chi connectivity index (χ1v) is 3.89. The summed E-state index contributed by atoms with van der Waals surface area (Å²) in [6.45, 7) is 2.02. The summed E-state index contributed by atoms with van der Waals surface area (Å²) in [5, 5.41) is 3.33. The first-order valence-electron chi connectivity index (χ1n) is 3.89. The van der Waals surface area contributed by atoms with Crippen LogP contribution in [0, 0.1) is 6.92 Å². The molecule has 0 spiro atoms. The molecule has 1 aromatic heterocycles. The van der Waals surface area contributed by atoms with Gasteiger partial charge < -0.3 is 5.32 Å². The minimum atomic E-state index is 0.670. The van der Waals surface area contributed by atoms with Gasteiger partial charge in [-0.15, -0.1) is 0 Å². The molecule has 0 unspecified atom stereocenters. The molecule has 0 saturated heterocycles. The van der Waals surface area contributed by atoms with Crippen LogP contribution in [-0.4, -0.2) is 16.0 Å². The van der Waals surface area contributed by atoms with Gasteiger partial charge in [-0.1, -0.05) is 0 Å². The molecule has 3 nitrogen and oxygen atoms in total. The lowest BCUT2D eigenvalue weighted by Crippen LogP contribution is -2.04. The maximum absolute atomic E-state index is 4.14. The molecule has 1 N–H and O–H groups in total. The van der Waals surface area contributed by atoms with Crippen molar-refractivity contribution in [2.24, 2.45) is 0 Å². The molecule has 0 radical (unpaired) electrons. The lowest BCUT2D eigenvalue weighted by atomic mass is 10.3. The van der Waals surface area contributed by atoms with Crippen molar-refractivity contribution in [3.8, 4) is 0 Å². The van der Waals surface area contributed by atoms with E-state index in [1.54, 1.807) is 6.33 Å². The Balaban J connectivity index is 2.15. The number of nitrogens with zero attached hydrogens (tertiary/aromatic N) is 2. The SMILES string of the molecule is Cc1cncnc1NC1CC1. The smallest absolute Gasteiger partial charge is 0.132 e. The third-order valence-corrected chi connectivity index (χ3v) is 1.81. The van der Waals surface area contributed by atoms with Crippen molar-refractivity contribution < 1.29 is 0 Å². The Morgan fingerprint density at radius 3 is 3.00 bits per heavy atom. The molecule has 0 aromatic carbocycles. The van der Waals surface area contributed by atoms with E-state index in [4.69, 9.17) is 0 Å². The summed E-state index contributed by atoms with van der Waals surface area (Å²) in [6.07, 6.45) is 5.97. The van der Waals surface area contributed by atoms with E-state index in [1.165, 1.54) is 12.8 Å². The Labute approximate surface area is 65.9 Å². The molecule has 11 heavy (non-hydrogen) atoms. The highest BCUT2D eigenvalue weighted by molar-refractivity contribution is 5.42. The van der Waals surface area contributed by atoms with E-state index in [0.29, 0.717) is 6.04 Å². The molecule has 0 bridgehead atoms. The van der Waals surface area contributed by atoms with Gasteiger partial charge in [0, 0.05) is 17.8 Å². The van der Waals surface area contributed by atoms with Crippen LogP contribution in [-0.2, 0) is 0 Å². The molecule has 1 aromatic rings. The summed E-state index contributed by atoms with van der Waals surface area (Å²) in [5.41, 5.74) is 1.12. The number of nitrogens with one attached hydrogen (secondary N) is 1. The fraction of sp³-hybridized carbons (Fsp3) is 0.500. The molecule has 0 aliphatic heterocycles. The summed E-state index contributed by atoms with van der Waals surface area (Å²) < 4.78 is 0. The van der Waals surface area contributed by atoms with Gasteiger partial charge in [-0.2, -0.15) is 0 Å². The van der Waals surface area contributed by atoms with Crippen molar-refractivity contribution in [3.63, 3.8) is 0 Å². The van der Waals surface area contributed by atoms with Gasteiger partial charge in [0.15, 0.2) is 0 Å². The Morgan fingerprint density at radius 2 is 2.36 bits per heavy atom. The molecule has 0 amide bonds. The normalized spacial score (nSPS) is 16.5. The minimum absolute atomic E-state index is 0.670. The fourth-order valence-electron chi connectivity index (χ4n) is 0.971. The van der Waals surface area contributed by atoms with E-state index in [1.807, 2.05) is 13.1 Å². The van der Waals surface area contributed by atoms with Gasteiger partial charge in [0.25, 0.3) is 0 Å². The lowest BCUT2D eigenvalue weighted by molar-refractivity contribution is 1.06. The van der Waals surface area contributed by atoms with Crippen molar-refractivity contribution in [3.05, 3.63) is 18.1 Å². The average molecular weight is 149 g/mol. The lowest BCUT2D eigenvalue weighted by Gasteiger charge is -2.04. The summed E-state index contributed by atoms with van der Waals surface area (Å²) in [5.74, 6) is 0.988. The molecule has 0 atom stereocenters. The van der Waals surface area contributed by atoms with Gasteiger partial charge in [0.05, 0.1) is 0 Å². The van der Waals surface area contributed by atoms with Crippen LogP contribution in [0.4, 0.5) is 5.82 Å². The quantitative estimate of drug-likeness (QED) is 0.690. The van der Waals surface area contributed by atoms with E-state index in [-0.39, 0.29) is 0 Å². The molecule has 58 valence electrons. The van der Waals surface area contributed by atoms with Crippen molar-refractivity contribution in [1.29, 1.82) is 0 Å². The predicted molar refractivity (Wildman–Crippen MR) is 43.4 cm³/mol. The molecule has 2 rings (SSSR count). The Kier molecular flexibility index (Phi) is 1.49. The zero-order chi connectivity index (χ0) is 7.68. The minimum Gasteiger partial charge on any atom is -0.367 e. The number of aryl methyl sites for hydroxylation is 1. The molecular formula is C8H11N3. The van der Waals surface area contributed by atoms with E-state index in [9.17, 15) is 0 Å². The molecular weight excluding hydrogens is 138 g/mol. The first-order chi connectivity index (χ1) is 5.36. The van der Waals surface area contributed by atoms with Crippen molar-refractivity contribution in [2.75, 3.05) is 5.32 Å². The number of rotatable bonds is 2. The van der Waals surface area contributed by atoms with Crippen LogP contribution < -0.4 is 5.32 Å². The molecule has 1 fully saturated rings. The van der Waals surface area contributed by atoms with E-state index < -0.39 is 0 Å². The zero-order valence-corrected chi connectivity index (χ0v) is 6.54. The van der Waals surface area contributed by atoms with E-state index in [0.717, 1.165) is 11.4 Å². The summed E-state index contributed by atoms with van der Waals surface area (Å²) >= 11 is 0. The van der Waals surface area contributed by atoms with Crippen molar-refractivity contribution in [1.82, 2.24) is 9.97 Å². The van der Waals surface area contributed by atoms with E-state index in [2.05, 4.69) is 15.3 Å². The molecule has 1 saturated carbocycles. The van der Waals surface area contributed by atoms with Crippen LogP contribution in [0.15, 0.2) is 12.5 Å². The largest absolute Gasteiger partial charge is 0.367 e. The third-order valence-electron chi connectivity index (χ3n) is 1.81. The second-order valence-corrected chi connectivity index (χ2v) is 2.97. The standard InChI is InChI=1S/C8H11N3/c1-6-4-9-5-10-8(6)11-7-2-3-7/h4-5,7H,2-3H2,1H3,(H,9,10,11). The van der Waals surface area contributed by atoms with Crippen LogP contribution in [0.2, 0.25) is 0 Å². The molecule has 1 aliphatic carbocycles. The fourth-order valence-corrected chi connectivity index (χ4v) is 0.971. The van der Waals surface area contributed by atoms with Crippen LogP contribution in [0.25, 0.3) is 0 Å². The van der Waals surface area contributed by atoms with Crippen LogP contribution >= 0.6 is 0 Å². The second kappa shape index (κ2) is 2.49. The zero-order valence-electron chi connectivity index (χ0n) is 6.54. The average Bonchev–Trinajstić information content (AvgIpc) is 2.78. The van der Waals surface area contributed by atoms with Gasteiger partial charge in [-0.25, -0.2) is 9.97 Å². The number of anilines is 1. The highest BCUT2D eigenvalue weighted by Gasteiger charge is 2.21. The Morgan fingerprint density at radius 1 is 1.55 bits per heavy atom. The van der Waals surface area contributed by atoms with Crippen molar-refractivity contribution >= 4 is 5.82 Å². The van der Waals surface area contributed by atoms with E-state index >= 15 is 0 Å². The molecule has 3 heteroatoms. The summed E-state index contributed by atoms with van der Waals surface area (Å²) in [4.78, 5) is 8.06. The second-order valence-electron chi connectivity index (χ2n) is 2.97. The van der Waals surface area contributed by atoms with Gasteiger partial charge in [0.1, 0.15) is 12.1 Å². The topological polar surface area (TPSA) is 37.8 Å². The Bertz CT molecular complexity index is 255. The Hall–Kier alpha value is -1.12. The van der Waals surface area contributed by atoms with Crippen LogP contribution in [0.1, 0.15) is 18.4 Å². The number of hydrogen-bond donors (Lipinski definition) is 1. The van der Waals surface area contributed by atoms with Gasteiger partial charge in [0.2, 0.25) is 0 Å². The van der Waals surface area contributed by atoms with Crippen LogP contribution in [0.3, 0.4) is 0 Å². The summed E-state index contributed by atoms with van der Waals surface area (Å²) in [6, 6.07) is 0.670. The highest BCUT2D eigenvalue weighted by Crippen LogP contribution is 2.24. The van der Waals surface area contributed by atoms with Gasteiger partial charge >= 0.3 is 0 Å². The highest BCUT2D eigenvalue weighted by atomic mass is 15.1. The first kappa shape index (κ1) is 6.58. The maximum atomic E-state index is 4.14. The molecule has 1 aliphatic rings. The number of aromatic nitrogens is 2. The monoisotopic (exact) mass is 149 g/mol. The maximum Gasteiger partial charge on any atom is 0.132 e. The van der Waals surface area contributed by atoms with Gasteiger partial charge in [-0.05, 0) is 19.8 Å². The van der Waals surface area contributed by atoms with Crippen LogP contribution in [0.5, 0.6) is 0 Å². The van der Waals surface area contributed by atoms with Gasteiger partial charge in [-0.3, -0.25) is 0 Å². The third kappa shape index (κ3) is 1.48. The van der Waals surface area contributed by atoms with Crippen molar-refractivity contribution in [2.45, 2.75) is 25.8 Å². The molecule has 1 heterocycles.